The molecule has 2 aromatic carbocycles. The second-order valence-corrected chi connectivity index (χ2v) is 7.47. The Morgan fingerprint density at radius 3 is 2.72 bits per heavy atom. The molecule has 3 aromatic rings. The number of ether oxygens (including phenoxy) is 3. The lowest BCUT2D eigenvalue weighted by Gasteiger charge is -2.18. The molecule has 0 spiro atoms. The quantitative estimate of drug-likeness (QED) is 0.619. The first-order valence-electron chi connectivity index (χ1n) is 9.58. The molecule has 1 aliphatic rings. The number of thiazole rings is 1. The number of fused-ring (bicyclic) bond motifs is 1. The average Bonchev–Trinajstić information content (AvgIpc) is 3.20. The van der Waals surface area contributed by atoms with E-state index in [1.54, 1.807) is 0 Å². The maximum absolute atomic E-state index is 12.4. The van der Waals surface area contributed by atoms with Crippen molar-refractivity contribution in [1.82, 2.24) is 4.98 Å². The van der Waals surface area contributed by atoms with Gasteiger partial charge in [-0.3, -0.25) is 4.79 Å². The minimum Gasteiger partial charge on any atom is -0.494 e. The van der Waals surface area contributed by atoms with Crippen LogP contribution in [-0.4, -0.2) is 30.7 Å². The summed E-state index contributed by atoms with van der Waals surface area (Å²) in [5.74, 6) is 2.13. The lowest BCUT2D eigenvalue weighted by atomic mass is 10.1. The molecule has 2 heterocycles. The molecule has 150 valence electrons. The molecule has 0 saturated carbocycles. The average molecular weight is 410 g/mol. The van der Waals surface area contributed by atoms with Crippen LogP contribution in [-0.2, 0) is 11.2 Å². The number of rotatable bonds is 7. The van der Waals surface area contributed by atoms with Gasteiger partial charge in [-0.25, -0.2) is 4.98 Å². The summed E-state index contributed by atoms with van der Waals surface area (Å²) in [6.07, 6.45) is 1.22. The topological polar surface area (TPSA) is 69.7 Å². The summed E-state index contributed by atoms with van der Waals surface area (Å²) >= 11 is 1.41. The van der Waals surface area contributed by atoms with Gasteiger partial charge in [-0.05, 0) is 48.4 Å². The summed E-state index contributed by atoms with van der Waals surface area (Å²) in [4.78, 5) is 16.9. The van der Waals surface area contributed by atoms with Crippen molar-refractivity contribution >= 4 is 22.4 Å². The second-order valence-electron chi connectivity index (χ2n) is 6.61. The Balaban J connectivity index is 1.36. The highest BCUT2D eigenvalue weighted by Gasteiger charge is 2.14. The largest absolute Gasteiger partial charge is 0.494 e. The van der Waals surface area contributed by atoms with Crippen LogP contribution in [0.15, 0.2) is 47.8 Å². The smallest absolute Gasteiger partial charge is 0.230 e. The maximum Gasteiger partial charge on any atom is 0.230 e. The van der Waals surface area contributed by atoms with Gasteiger partial charge in [0.15, 0.2) is 16.6 Å². The third-order valence-corrected chi connectivity index (χ3v) is 5.10. The molecule has 0 atom stereocenters. The predicted octanol–water partition coefficient (Wildman–Crippen LogP) is 4.55. The van der Waals surface area contributed by atoms with E-state index < -0.39 is 0 Å². The fourth-order valence-electron chi connectivity index (χ4n) is 2.95. The molecule has 0 fully saturated rings. The lowest BCUT2D eigenvalue weighted by Crippen LogP contribution is -2.17. The third kappa shape index (κ3) is 4.86. The molecule has 0 bridgehead atoms. The molecule has 4 rings (SSSR count). The maximum atomic E-state index is 12.4. The lowest BCUT2D eigenvalue weighted by molar-refractivity contribution is -0.115. The van der Waals surface area contributed by atoms with Gasteiger partial charge >= 0.3 is 0 Å². The zero-order valence-electron chi connectivity index (χ0n) is 16.1. The van der Waals surface area contributed by atoms with E-state index in [0.29, 0.717) is 30.7 Å². The van der Waals surface area contributed by atoms with Gasteiger partial charge in [-0.1, -0.05) is 13.0 Å². The number of carbonyl (C=O) groups excluding carboxylic acids is 1. The monoisotopic (exact) mass is 410 g/mol. The Morgan fingerprint density at radius 1 is 1.14 bits per heavy atom. The molecule has 0 aliphatic carbocycles. The Hall–Kier alpha value is -3.06. The summed E-state index contributed by atoms with van der Waals surface area (Å²) in [6, 6.07) is 13.4. The summed E-state index contributed by atoms with van der Waals surface area (Å²) in [7, 11) is 0. The molecule has 0 unspecified atom stereocenters. The van der Waals surface area contributed by atoms with Gasteiger partial charge in [0.05, 0.1) is 18.7 Å². The minimum atomic E-state index is -0.120. The van der Waals surface area contributed by atoms with E-state index in [-0.39, 0.29) is 12.3 Å². The van der Waals surface area contributed by atoms with E-state index in [2.05, 4.69) is 17.2 Å². The van der Waals surface area contributed by atoms with E-state index in [4.69, 9.17) is 14.2 Å². The van der Waals surface area contributed by atoms with E-state index in [1.165, 1.54) is 11.3 Å². The zero-order chi connectivity index (χ0) is 20.1. The fourth-order valence-corrected chi connectivity index (χ4v) is 3.69. The van der Waals surface area contributed by atoms with E-state index in [1.807, 2.05) is 47.8 Å². The molecule has 1 aliphatic heterocycles. The number of hydrogen-bond acceptors (Lipinski definition) is 6. The van der Waals surface area contributed by atoms with Crippen molar-refractivity contribution in [2.75, 3.05) is 25.1 Å². The van der Waals surface area contributed by atoms with Crippen molar-refractivity contribution in [1.29, 1.82) is 0 Å². The molecule has 6 nitrogen and oxygen atoms in total. The van der Waals surface area contributed by atoms with Crippen LogP contribution in [0.1, 0.15) is 18.9 Å². The van der Waals surface area contributed by atoms with Crippen LogP contribution in [0.5, 0.6) is 17.2 Å². The highest BCUT2D eigenvalue weighted by Crippen LogP contribution is 2.31. The summed E-state index contributed by atoms with van der Waals surface area (Å²) in [6.45, 7) is 3.85. The molecule has 7 heteroatoms. The van der Waals surface area contributed by atoms with Gasteiger partial charge in [-0.2, -0.15) is 0 Å². The molecule has 1 aromatic heterocycles. The number of nitrogens with one attached hydrogen (secondary N) is 1. The Kier molecular flexibility index (Phi) is 5.95. The SMILES string of the molecule is CCCOc1ccc(-c2csc(NC(=O)Cc3ccc4c(c3)OCCO4)n2)cc1. The number of aromatic nitrogens is 1. The molecule has 1 N–H and O–H groups in total. The molecular formula is C22H22N2O4S. The van der Waals surface area contributed by atoms with Crippen molar-refractivity contribution in [2.45, 2.75) is 19.8 Å². The van der Waals surface area contributed by atoms with Crippen LogP contribution in [0.25, 0.3) is 11.3 Å². The number of hydrogen-bond donors (Lipinski definition) is 1. The van der Waals surface area contributed by atoms with Gasteiger partial charge in [0, 0.05) is 10.9 Å². The molecule has 1 amide bonds. The molecular weight excluding hydrogens is 388 g/mol. The van der Waals surface area contributed by atoms with Gasteiger partial charge in [0.2, 0.25) is 5.91 Å². The highest BCUT2D eigenvalue weighted by atomic mass is 32.1. The van der Waals surface area contributed by atoms with Crippen LogP contribution in [0.3, 0.4) is 0 Å². The summed E-state index contributed by atoms with van der Waals surface area (Å²) < 4.78 is 16.7. The molecule has 29 heavy (non-hydrogen) atoms. The number of benzene rings is 2. The first-order chi connectivity index (χ1) is 14.2. The van der Waals surface area contributed by atoms with Crippen LogP contribution in [0.4, 0.5) is 5.13 Å². The van der Waals surface area contributed by atoms with Crippen molar-refractivity contribution < 1.29 is 19.0 Å². The van der Waals surface area contributed by atoms with Gasteiger partial charge < -0.3 is 19.5 Å². The summed E-state index contributed by atoms with van der Waals surface area (Å²) in [5.41, 5.74) is 2.68. The predicted molar refractivity (Wildman–Crippen MR) is 113 cm³/mol. The van der Waals surface area contributed by atoms with Crippen molar-refractivity contribution in [3.05, 3.63) is 53.4 Å². The summed E-state index contributed by atoms with van der Waals surface area (Å²) in [5, 5.41) is 5.38. The Morgan fingerprint density at radius 2 is 1.93 bits per heavy atom. The van der Waals surface area contributed by atoms with Gasteiger partial charge in [-0.15, -0.1) is 11.3 Å². The number of nitrogens with zero attached hydrogens (tertiary/aromatic N) is 1. The minimum absolute atomic E-state index is 0.120. The standard InChI is InChI=1S/C22H22N2O4S/c1-2-9-26-17-6-4-16(5-7-17)18-14-29-22(23-18)24-21(25)13-15-3-8-19-20(12-15)28-11-10-27-19/h3-8,12,14H,2,9-11,13H2,1H3,(H,23,24,25). The van der Waals surface area contributed by atoms with Crippen molar-refractivity contribution in [3.63, 3.8) is 0 Å². The molecule has 0 radical (unpaired) electrons. The normalized spacial score (nSPS) is 12.4. The van der Waals surface area contributed by atoms with Gasteiger partial charge in [0.25, 0.3) is 0 Å². The Bertz CT molecular complexity index is 985. The van der Waals surface area contributed by atoms with Crippen LogP contribution >= 0.6 is 11.3 Å². The van der Waals surface area contributed by atoms with Gasteiger partial charge in [0.1, 0.15) is 19.0 Å². The van der Waals surface area contributed by atoms with Crippen LogP contribution in [0.2, 0.25) is 0 Å². The number of anilines is 1. The van der Waals surface area contributed by atoms with E-state index in [9.17, 15) is 4.79 Å². The highest BCUT2D eigenvalue weighted by molar-refractivity contribution is 7.14. The first-order valence-corrected chi connectivity index (χ1v) is 10.5. The second kappa shape index (κ2) is 8.96. The fraction of sp³-hybridized carbons (Fsp3) is 0.273. The van der Waals surface area contributed by atoms with Crippen molar-refractivity contribution in [2.24, 2.45) is 0 Å². The van der Waals surface area contributed by atoms with Crippen LogP contribution < -0.4 is 19.5 Å². The van der Waals surface area contributed by atoms with Crippen molar-refractivity contribution in [3.8, 4) is 28.5 Å². The van der Waals surface area contributed by atoms with E-state index >= 15 is 0 Å². The van der Waals surface area contributed by atoms with Crippen LogP contribution in [0, 0.1) is 0 Å². The van der Waals surface area contributed by atoms with E-state index in [0.717, 1.165) is 34.7 Å². The Labute approximate surface area is 173 Å². The zero-order valence-corrected chi connectivity index (χ0v) is 17.0. The number of carbonyl (C=O) groups is 1. The third-order valence-electron chi connectivity index (χ3n) is 4.34. The first kappa shape index (κ1) is 19.3. The molecule has 0 saturated heterocycles. The number of amides is 1.